The van der Waals surface area contributed by atoms with Gasteiger partial charge in [0.05, 0.1) is 11.6 Å². The van der Waals surface area contributed by atoms with Gasteiger partial charge in [-0.2, -0.15) is 0 Å². The van der Waals surface area contributed by atoms with Gasteiger partial charge in [0.25, 0.3) is 0 Å². The molecule has 0 unspecified atom stereocenters. The summed E-state index contributed by atoms with van der Waals surface area (Å²) in [6.45, 7) is 12.6. The Morgan fingerprint density at radius 1 is 1.25 bits per heavy atom. The van der Waals surface area contributed by atoms with Gasteiger partial charge >= 0.3 is 0 Å². The number of hydrogen-bond donors (Lipinski definition) is 1. The summed E-state index contributed by atoms with van der Waals surface area (Å²) in [7, 11) is 0. The first-order valence-corrected chi connectivity index (χ1v) is 8.29. The van der Waals surface area contributed by atoms with Gasteiger partial charge in [-0.25, -0.2) is 4.39 Å². The Balaban J connectivity index is 0.00000264. The molecule has 0 radical (unpaired) electrons. The van der Waals surface area contributed by atoms with Crippen LogP contribution in [0.1, 0.15) is 39.3 Å². The molecule has 0 saturated carbocycles. The van der Waals surface area contributed by atoms with E-state index in [2.05, 4.69) is 31.0 Å². The summed E-state index contributed by atoms with van der Waals surface area (Å²) >= 11 is 6.25. The van der Waals surface area contributed by atoms with Gasteiger partial charge in [0.2, 0.25) is 0 Å². The number of piperazine rings is 1. The van der Waals surface area contributed by atoms with E-state index < -0.39 is 0 Å². The molecule has 1 saturated heterocycles. The molecule has 1 atom stereocenters. The lowest BCUT2D eigenvalue weighted by atomic mass is 9.81. The fourth-order valence-electron chi connectivity index (χ4n) is 3.22. The van der Waals surface area contributed by atoms with Crippen molar-refractivity contribution in [3.63, 3.8) is 0 Å². The zero-order valence-electron chi connectivity index (χ0n) is 14.7. The Morgan fingerprint density at radius 3 is 2.29 bits per heavy atom. The van der Waals surface area contributed by atoms with Crippen molar-refractivity contribution in [3.05, 3.63) is 28.5 Å². The third-order valence-corrected chi connectivity index (χ3v) is 4.24. The van der Waals surface area contributed by atoms with Crippen LogP contribution < -0.4 is 10.1 Å². The molecule has 0 aliphatic carbocycles. The van der Waals surface area contributed by atoms with Crippen LogP contribution in [0.2, 0.25) is 5.02 Å². The fourth-order valence-corrected chi connectivity index (χ4v) is 3.49. The SMILES string of the molecule is CCOc1c(F)cc([C@@H](N2CCNCC2)C(C)(C)C)cc1Cl.Cl.Cl. The maximum Gasteiger partial charge on any atom is 0.173 e. The van der Waals surface area contributed by atoms with Gasteiger partial charge in [-0.05, 0) is 30.0 Å². The lowest BCUT2D eigenvalue weighted by molar-refractivity contribution is 0.0859. The molecule has 1 fully saturated rings. The minimum absolute atomic E-state index is 0. The van der Waals surface area contributed by atoms with Crippen molar-refractivity contribution in [1.29, 1.82) is 0 Å². The molecular formula is C17H28Cl3FN2O. The smallest absolute Gasteiger partial charge is 0.173 e. The molecule has 1 aromatic rings. The van der Waals surface area contributed by atoms with Crippen molar-refractivity contribution in [3.8, 4) is 5.75 Å². The van der Waals surface area contributed by atoms with E-state index in [0.29, 0.717) is 11.6 Å². The molecule has 1 heterocycles. The highest BCUT2D eigenvalue weighted by atomic mass is 35.5. The number of nitrogens with zero attached hydrogens (tertiary/aromatic N) is 1. The first-order chi connectivity index (χ1) is 10.3. The molecule has 140 valence electrons. The van der Waals surface area contributed by atoms with Crippen LogP contribution >= 0.6 is 36.4 Å². The zero-order chi connectivity index (χ0) is 16.3. The average Bonchev–Trinajstić information content (AvgIpc) is 2.43. The Hall–Kier alpha value is -0.260. The van der Waals surface area contributed by atoms with E-state index in [0.717, 1.165) is 31.7 Å². The first kappa shape index (κ1) is 23.7. The van der Waals surface area contributed by atoms with Crippen LogP contribution in [0.4, 0.5) is 4.39 Å². The average molecular weight is 402 g/mol. The second kappa shape index (κ2) is 10.0. The number of hydrogen-bond acceptors (Lipinski definition) is 3. The van der Waals surface area contributed by atoms with E-state index in [1.165, 1.54) is 0 Å². The van der Waals surface area contributed by atoms with E-state index >= 15 is 0 Å². The molecule has 1 aromatic carbocycles. The standard InChI is InChI=1S/C17H26ClFN2O.2ClH/c1-5-22-15-13(18)10-12(11-14(15)19)16(17(2,3)4)21-8-6-20-7-9-21;;/h10-11,16,20H,5-9H2,1-4H3;2*1H/t16-;;/m1../s1. The van der Waals surface area contributed by atoms with E-state index in [-0.39, 0.29) is 47.8 Å². The Kier molecular flexibility index (Phi) is 9.92. The van der Waals surface area contributed by atoms with Gasteiger partial charge in [-0.1, -0.05) is 32.4 Å². The van der Waals surface area contributed by atoms with Gasteiger partial charge in [-0.3, -0.25) is 4.90 Å². The predicted molar refractivity (Wildman–Crippen MR) is 104 cm³/mol. The number of benzene rings is 1. The maximum atomic E-state index is 14.4. The normalized spacial score (nSPS) is 16.8. The molecule has 0 bridgehead atoms. The fraction of sp³-hybridized carbons (Fsp3) is 0.647. The van der Waals surface area contributed by atoms with E-state index in [1.807, 2.05) is 13.0 Å². The van der Waals surface area contributed by atoms with Crippen LogP contribution in [0, 0.1) is 11.2 Å². The number of rotatable bonds is 4. The first-order valence-electron chi connectivity index (χ1n) is 7.91. The molecule has 0 aromatic heterocycles. The summed E-state index contributed by atoms with van der Waals surface area (Å²) in [6.07, 6.45) is 0. The van der Waals surface area contributed by atoms with E-state index in [1.54, 1.807) is 6.07 Å². The molecule has 2 rings (SSSR count). The predicted octanol–water partition coefficient (Wildman–Crippen LogP) is 4.71. The van der Waals surface area contributed by atoms with Gasteiger partial charge in [0.15, 0.2) is 11.6 Å². The second-order valence-electron chi connectivity index (χ2n) is 6.80. The minimum atomic E-state index is -0.381. The van der Waals surface area contributed by atoms with Crippen LogP contribution in [0.5, 0.6) is 5.75 Å². The quantitative estimate of drug-likeness (QED) is 0.790. The summed E-state index contributed by atoms with van der Waals surface area (Å²) in [4.78, 5) is 2.40. The summed E-state index contributed by atoms with van der Waals surface area (Å²) in [5.41, 5.74) is 0.903. The molecular weight excluding hydrogens is 374 g/mol. The molecule has 1 aliphatic rings. The van der Waals surface area contributed by atoms with E-state index in [4.69, 9.17) is 16.3 Å². The van der Waals surface area contributed by atoms with Crippen LogP contribution in [-0.4, -0.2) is 37.7 Å². The minimum Gasteiger partial charge on any atom is -0.489 e. The largest absolute Gasteiger partial charge is 0.489 e. The third kappa shape index (κ3) is 5.63. The number of nitrogens with one attached hydrogen (secondary N) is 1. The third-order valence-electron chi connectivity index (χ3n) is 3.96. The van der Waals surface area contributed by atoms with Crippen molar-refractivity contribution < 1.29 is 9.13 Å². The van der Waals surface area contributed by atoms with Crippen molar-refractivity contribution in [2.24, 2.45) is 5.41 Å². The van der Waals surface area contributed by atoms with Crippen molar-refractivity contribution in [1.82, 2.24) is 10.2 Å². The van der Waals surface area contributed by atoms with Crippen molar-refractivity contribution in [2.45, 2.75) is 33.7 Å². The summed E-state index contributed by atoms with van der Waals surface area (Å²) in [6, 6.07) is 3.56. The van der Waals surface area contributed by atoms with E-state index in [9.17, 15) is 4.39 Å². The molecule has 24 heavy (non-hydrogen) atoms. The topological polar surface area (TPSA) is 24.5 Å². The van der Waals surface area contributed by atoms with Gasteiger partial charge in [-0.15, -0.1) is 24.8 Å². The maximum absolute atomic E-state index is 14.4. The Labute approximate surface area is 162 Å². The zero-order valence-corrected chi connectivity index (χ0v) is 17.1. The summed E-state index contributed by atoms with van der Waals surface area (Å²) in [5.74, 6) is -0.227. The Bertz CT molecular complexity index is 494. The molecule has 1 aliphatic heterocycles. The van der Waals surface area contributed by atoms with Crippen molar-refractivity contribution >= 4 is 36.4 Å². The Morgan fingerprint density at radius 2 is 1.83 bits per heavy atom. The van der Waals surface area contributed by atoms with Crippen LogP contribution in [0.3, 0.4) is 0 Å². The van der Waals surface area contributed by atoms with Gasteiger partial charge < -0.3 is 10.1 Å². The van der Waals surface area contributed by atoms with Gasteiger partial charge in [0, 0.05) is 32.2 Å². The van der Waals surface area contributed by atoms with Gasteiger partial charge in [0.1, 0.15) is 0 Å². The number of halogens is 4. The molecule has 7 heteroatoms. The monoisotopic (exact) mass is 400 g/mol. The lowest BCUT2D eigenvalue weighted by Gasteiger charge is -2.42. The van der Waals surface area contributed by atoms with Crippen LogP contribution in [0.25, 0.3) is 0 Å². The highest BCUT2D eigenvalue weighted by molar-refractivity contribution is 6.32. The highest BCUT2D eigenvalue weighted by Gasteiger charge is 2.33. The van der Waals surface area contributed by atoms with Crippen LogP contribution in [0.15, 0.2) is 12.1 Å². The second-order valence-corrected chi connectivity index (χ2v) is 7.21. The number of ether oxygens (including phenoxy) is 1. The van der Waals surface area contributed by atoms with Crippen LogP contribution in [-0.2, 0) is 0 Å². The molecule has 0 spiro atoms. The molecule has 1 N–H and O–H groups in total. The summed E-state index contributed by atoms with van der Waals surface area (Å²) in [5, 5.41) is 3.71. The lowest BCUT2D eigenvalue weighted by Crippen LogP contribution is -2.48. The molecule has 3 nitrogen and oxygen atoms in total. The summed E-state index contributed by atoms with van der Waals surface area (Å²) < 4.78 is 19.7. The highest BCUT2D eigenvalue weighted by Crippen LogP contribution is 2.41. The molecule has 0 amide bonds. The van der Waals surface area contributed by atoms with Crippen molar-refractivity contribution in [2.75, 3.05) is 32.8 Å².